The van der Waals surface area contributed by atoms with Gasteiger partial charge in [0.2, 0.25) is 0 Å². The zero-order valence-corrected chi connectivity index (χ0v) is 16.9. The van der Waals surface area contributed by atoms with Crippen LogP contribution in [0.2, 0.25) is 0 Å². The maximum absolute atomic E-state index is 9.97. The van der Waals surface area contributed by atoms with E-state index in [4.69, 9.17) is 0 Å². The Bertz CT molecular complexity index is 1380. The molecule has 0 atom stereocenters. The molecule has 0 saturated carbocycles. The van der Waals surface area contributed by atoms with E-state index in [1.54, 1.807) is 36.7 Å². The summed E-state index contributed by atoms with van der Waals surface area (Å²) in [5.41, 5.74) is 3.95. The highest BCUT2D eigenvalue weighted by atomic mass is 16.3. The smallest absolute Gasteiger partial charge is 0.141 e. The van der Waals surface area contributed by atoms with Crippen molar-refractivity contribution in [3.63, 3.8) is 0 Å². The van der Waals surface area contributed by atoms with Crippen molar-refractivity contribution >= 4 is 45.6 Å². The van der Waals surface area contributed by atoms with Crippen molar-refractivity contribution in [3.05, 3.63) is 96.3 Å². The van der Waals surface area contributed by atoms with Gasteiger partial charge in [0, 0.05) is 10.8 Å². The summed E-state index contributed by atoms with van der Waals surface area (Å²) in [6.07, 6.45) is 3.32. The lowest BCUT2D eigenvalue weighted by Gasteiger charge is -2.01. The quantitative estimate of drug-likeness (QED) is 0.367. The zero-order chi connectivity index (χ0) is 21.9. The molecule has 0 spiro atoms. The first-order valence-corrected chi connectivity index (χ1v) is 10.0. The Morgan fingerprint density at radius 1 is 0.531 bits per heavy atom. The lowest BCUT2D eigenvalue weighted by Crippen LogP contribution is -1.88. The van der Waals surface area contributed by atoms with Gasteiger partial charge >= 0.3 is 0 Å². The molecule has 2 N–H and O–H groups in total. The SMILES string of the molecule is Oc1cccc2ccc(C=Nc3ccc(N=Cc4ccc5cccc(O)c5n4)cc3)nc12. The van der Waals surface area contributed by atoms with Crippen molar-refractivity contribution < 1.29 is 10.2 Å². The van der Waals surface area contributed by atoms with Crippen LogP contribution < -0.4 is 0 Å². The zero-order valence-electron chi connectivity index (χ0n) is 16.9. The van der Waals surface area contributed by atoms with E-state index in [0.29, 0.717) is 22.4 Å². The number of hydrogen-bond acceptors (Lipinski definition) is 6. The number of rotatable bonds is 4. The second-order valence-corrected chi connectivity index (χ2v) is 7.20. The highest BCUT2D eigenvalue weighted by molar-refractivity contribution is 5.90. The summed E-state index contributed by atoms with van der Waals surface area (Å²) in [4.78, 5) is 17.8. The number of phenolic OH excluding ortho intramolecular Hbond substituents is 2. The molecule has 0 radical (unpaired) electrons. The normalized spacial score (nSPS) is 11.8. The number of phenols is 2. The van der Waals surface area contributed by atoms with Crippen LogP contribution in [0.3, 0.4) is 0 Å². The molecule has 154 valence electrons. The van der Waals surface area contributed by atoms with Crippen molar-refractivity contribution in [1.29, 1.82) is 0 Å². The summed E-state index contributed by atoms with van der Waals surface area (Å²) >= 11 is 0. The monoisotopic (exact) mass is 418 g/mol. The van der Waals surface area contributed by atoms with E-state index in [-0.39, 0.29) is 11.5 Å². The number of aromatic nitrogens is 2. The minimum atomic E-state index is 0.149. The minimum absolute atomic E-state index is 0.149. The first-order chi connectivity index (χ1) is 15.7. The molecule has 0 aliphatic rings. The summed E-state index contributed by atoms with van der Waals surface area (Å²) in [5.74, 6) is 0.298. The van der Waals surface area contributed by atoms with Gasteiger partial charge in [0.25, 0.3) is 0 Å². The van der Waals surface area contributed by atoms with Gasteiger partial charge in [0.1, 0.15) is 22.5 Å². The molecule has 6 heteroatoms. The fraction of sp³-hybridized carbons (Fsp3) is 0. The summed E-state index contributed by atoms with van der Waals surface area (Å²) in [6.45, 7) is 0. The molecule has 5 aromatic rings. The van der Waals surface area contributed by atoms with Crippen molar-refractivity contribution in [2.24, 2.45) is 9.98 Å². The van der Waals surface area contributed by atoms with Gasteiger partial charge in [-0.05, 0) is 48.5 Å². The Kier molecular flexibility index (Phi) is 5.01. The highest BCUT2D eigenvalue weighted by Crippen LogP contribution is 2.24. The fourth-order valence-corrected chi connectivity index (χ4v) is 3.34. The van der Waals surface area contributed by atoms with Crippen LogP contribution in [0.25, 0.3) is 21.8 Å². The molecular formula is C26H18N4O2. The van der Waals surface area contributed by atoms with Crippen molar-refractivity contribution in [3.8, 4) is 11.5 Å². The standard InChI is InChI=1S/C26H18N4O2/c31-23-5-1-3-17-7-9-21(29-25(17)23)15-27-19-11-13-20(14-12-19)28-16-22-10-8-18-4-2-6-24(32)26(18)30-22/h1-16,31-32H. The molecule has 3 aromatic carbocycles. The lowest BCUT2D eigenvalue weighted by atomic mass is 10.2. The number of aliphatic imine (C=N–C) groups is 2. The Hall–Kier alpha value is -4.58. The van der Waals surface area contributed by atoms with Crippen molar-refractivity contribution in [2.75, 3.05) is 0 Å². The predicted molar refractivity (Wildman–Crippen MR) is 128 cm³/mol. The first kappa shape index (κ1) is 19.4. The lowest BCUT2D eigenvalue weighted by molar-refractivity contribution is 0.480. The number of benzene rings is 3. The minimum Gasteiger partial charge on any atom is -0.506 e. The van der Waals surface area contributed by atoms with E-state index in [2.05, 4.69) is 20.0 Å². The molecule has 0 aliphatic heterocycles. The van der Waals surface area contributed by atoms with Crippen LogP contribution in [0.5, 0.6) is 11.5 Å². The number of aromatic hydroxyl groups is 2. The van der Waals surface area contributed by atoms with E-state index >= 15 is 0 Å². The van der Waals surface area contributed by atoms with Crippen molar-refractivity contribution in [1.82, 2.24) is 9.97 Å². The maximum Gasteiger partial charge on any atom is 0.141 e. The summed E-state index contributed by atoms with van der Waals surface area (Å²) in [6, 6.07) is 25.6. The average molecular weight is 418 g/mol. The molecule has 0 amide bonds. The molecule has 2 aromatic heterocycles. The molecule has 0 unspecified atom stereocenters. The van der Waals surface area contributed by atoms with Crippen LogP contribution in [0.4, 0.5) is 11.4 Å². The highest BCUT2D eigenvalue weighted by Gasteiger charge is 2.02. The van der Waals surface area contributed by atoms with Gasteiger partial charge in [-0.3, -0.25) is 9.98 Å². The molecule has 32 heavy (non-hydrogen) atoms. The van der Waals surface area contributed by atoms with Crippen LogP contribution in [0, 0.1) is 0 Å². The van der Waals surface area contributed by atoms with E-state index in [1.807, 2.05) is 60.7 Å². The topological polar surface area (TPSA) is 91.0 Å². The average Bonchev–Trinajstić information content (AvgIpc) is 2.83. The second-order valence-electron chi connectivity index (χ2n) is 7.20. The molecule has 0 bridgehead atoms. The van der Waals surface area contributed by atoms with Gasteiger partial charge in [-0.15, -0.1) is 0 Å². The Morgan fingerprint density at radius 3 is 1.41 bits per heavy atom. The summed E-state index contributed by atoms with van der Waals surface area (Å²) in [7, 11) is 0. The van der Waals surface area contributed by atoms with E-state index < -0.39 is 0 Å². The number of fused-ring (bicyclic) bond motifs is 2. The molecule has 0 fully saturated rings. The molecular weight excluding hydrogens is 400 g/mol. The van der Waals surface area contributed by atoms with Crippen LogP contribution in [-0.2, 0) is 0 Å². The molecule has 0 saturated heterocycles. The Morgan fingerprint density at radius 2 is 0.969 bits per heavy atom. The molecule has 6 nitrogen and oxygen atoms in total. The largest absolute Gasteiger partial charge is 0.506 e. The van der Waals surface area contributed by atoms with Gasteiger partial charge in [0.05, 0.1) is 35.2 Å². The fourth-order valence-electron chi connectivity index (χ4n) is 3.34. The predicted octanol–water partition coefficient (Wildman–Crippen LogP) is 5.70. The first-order valence-electron chi connectivity index (χ1n) is 10.0. The van der Waals surface area contributed by atoms with E-state index in [0.717, 1.165) is 22.1 Å². The van der Waals surface area contributed by atoms with Crippen LogP contribution in [-0.4, -0.2) is 32.6 Å². The van der Waals surface area contributed by atoms with Gasteiger partial charge < -0.3 is 10.2 Å². The van der Waals surface area contributed by atoms with Gasteiger partial charge in [-0.25, -0.2) is 9.97 Å². The number of para-hydroxylation sites is 2. The summed E-state index contributed by atoms with van der Waals surface area (Å²) < 4.78 is 0. The Labute approximate surface area is 183 Å². The van der Waals surface area contributed by atoms with E-state index in [9.17, 15) is 10.2 Å². The molecule has 0 aliphatic carbocycles. The van der Waals surface area contributed by atoms with Crippen molar-refractivity contribution in [2.45, 2.75) is 0 Å². The maximum atomic E-state index is 9.97. The van der Waals surface area contributed by atoms with Gasteiger partial charge in [-0.1, -0.05) is 36.4 Å². The molecule has 2 heterocycles. The third-order valence-corrected chi connectivity index (χ3v) is 4.98. The van der Waals surface area contributed by atoms with Crippen LogP contribution >= 0.6 is 0 Å². The number of hydrogen-bond donors (Lipinski definition) is 2. The number of nitrogens with zero attached hydrogens (tertiary/aromatic N) is 4. The number of pyridine rings is 2. The van der Waals surface area contributed by atoms with Gasteiger partial charge in [-0.2, -0.15) is 0 Å². The van der Waals surface area contributed by atoms with Gasteiger partial charge in [0.15, 0.2) is 0 Å². The Balaban J connectivity index is 1.32. The third-order valence-electron chi connectivity index (χ3n) is 4.98. The second kappa shape index (κ2) is 8.28. The third kappa shape index (κ3) is 4.02. The molecule has 5 rings (SSSR count). The van der Waals surface area contributed by atoms with Crippen LogP contribution in [0.15, 0.2) is 94.9 Å². The summed E-state index contributed by atoms with van der Waals surface area (Å²) in [5, 5.41) is 21.7. The van der Waals surface area contributed by atoms with Crippen LogP contribution in [0.1, 0.15) is 11.4 Å². The van der Waals surface area contributed by atoms with E-state index in [1.165, 1.54) is 0 Å².